The predicted molar refractivity (Wildman–Crippen MR) is 44.2 cm³/mol. The number of rotatable bonds is 4. The van der Waals surface area contributed by atoms with Gasteiger partial charge < -0.3 is 10.5 Å². The fourth-order valence-corrected chi connectivity index (χ4v) is 1.08. The molecule has 0 aliphatic carbocycles. The van der Waals surface area contributed by atoms with Crippen molar-refractivity contribution in [2.45, 2.75) is 32.5 Å². The lowest BCUT2D eigenvalue weighted by Gasteiger charge is -2.28. The Morgan fingerprint density at radius 3 is 2.27 bits per heavy atom. The Hall–Kier alpha value is -0.150. The molecule has 0 saturated heterocycles. The summed E-state index contributed by atoms with van der Waals surface area (Å²) in [5, 5.41) is 0. The van der Waals surface area contributed by atoms with Gasteiger partial charge in [0.1, 0.15) is 6.17 Å². The molecular weight excluding hydrogens is 145 g/mol. The van der Waals surface area contributed by atoms with Gasteiger partial charge in [0.05, 0.1) is 6.61 Å². The van der Waals surface area contributed by atoms with Crippen LogP contribution in [0, 0.1) is 5.92 Å². The molecule has 0 saturated carbocycles. The van der Waals surface area contributed by atoms with Crippen LogP contribution in [-0.4, -0.2) is 25.4 Å². The Morgan fingerprint density at radius 1 is 1.55 bits per heavy atom. The van der Waals surface area contributed by atoms with Crippen molar-refractivity contribution >= 4 is 0 Å². The quantitative estimate of drug-likeness (QED) is 0.679. The first-order valence-electron chi connectivity index (χ1n) is 3.81. The smallest absolute Gasteiger partial charge is 0.122 e. The van der Waals surface area contributed by atoms with Crippen LogP contribution in [0.25, 0.3) is 0 Å². The number of methoxy groups -OCH3 is 1. The van der Waals surface area contributed by atoms with E-state index in [1.54, 1.807) is 27.9 Å². The molecule has 3 heteroatoms. The number of hydrogen-bond acceptors (Lipinski definition) is 2. The highest BCUT2D eigenvalue weighted by Crippen LogP contribution is 2.18. The van der Waals surface area contributed by atoms with Gasteiger partial charge in [-0.1, -0.05) is 6.92 Å². The summed E-state index contributed by atoms with van der Waals surface area (Å²) >= 11 is 0. The van der Waals surface area contributed by atoms with E-state index >= 15 is 0 Å². The molecule has 68 valence electrons. The van der Waals surface area contributed by atoms with E-state index in [0.717, 1.165) is 0 Å². The molecule has 2 nitrogen and oxygen atoms in total. The van der Waals surface area contributed by atoms with E-state index in [-0.39, 0.29) is 5.92 Å². The standard InChI is InChI=1S/C8H18FNO/c1-6(5-11-4)7(9)8(2,3)10/h6-7H,5,10H2,1-4H3. The molecule has 0 heterocycles. The van der Waals surface area contributed by atoms with Crippen molar-refractivity contribution in [1.29, 1.82) is 0 Å². The van der Waals surface area contributed by atoms with Gasteiger partial charge in [-0.2, -0.15) is 0 Å². The van der Waals surface area contributed by atoms with E-state index in [2.05, 4.69) is 0 Å². The second-order valence-electron chi connectivity index (χ2n) is 3.66. The lowest BCUT2D eigenvalue weighted by atomic mass is 9.91. The molecule has 0 fully saturated rings. The van der Waals surface area contributed by atoms with Gasteiger partial charge in [-0.15, -0.1) is 0 Å². The molecule has 0 bridgehead atoms. The van der Waals surface area contributed by atoms with E-state index in [9.17, 15) is 4.39 Å². The molecule has 0 aliphatic heterocycles. The summed E-state index contributed by atoms with van der Waals surface area (Å²) in [7, 11) is 1.56. The van der Waals surface area contributed by atoms with E-state index in [1.807, 2.05) is 0 Å². The fraction of sp³-hybridized carbons (Fsp3) is 1.00. The molecule has 2 unspecified atom stereocenters. The molecular formula is C8H18FNO. The molecule has 0 aliphatic rings. The number of alkyl halides is 1. The maximum absolute atomic E-state index is 13.3. The first-order valence-corrected chi connectivity index (χ1v) is 3.81. The SMILES string of the molecule is COCC(C)C(F)C(C)(C)N. The lowest BCUT2D eigenvalue weighted by Crippen LogP contribution is -2.46. The normalized spacial score (nSPS) is 18.0. The summed E-state index contributed by atoms with van der Waals surface area (Å²) in [5.41, 5.74) is 4.81. The summed E-state index contributed by atoms with van der Waals surface area (Å²) in [6, 6.07) is 0. The zero-order chi connectivity index (χ0) is 9.07. The Morgan fingerprint density at radius 2 is 2.00 bits per heavy atom. The van der Waals surface area contributed by atoms with Gasteiger partial charge in [0.2, 0.25) is 0 Å². The zero-order valence-corrected chi connectivity index (χ0v) is 7.73. The van der Waals surface area contributed by atoms with Crippen LogP contribution in [0.5, 0.6) is 0 Å². The molecule has 0 amide bonds. The van der Waals surface area contributed by atoms with E-state index < -0.39 is 11.7 Å². The second kappa shape index (κ2) is 4.02. The van der Waals surface area contributed by atoms with Gasteiger partial charge in [-0.3, -0.25) is 0 Å². The number of nitrogens with two attached hydrogens (primary N) is 1. The Bertz CT molecular complexity index is 111. The molecule has 0 rings (SSSR count). The highest BCUT2D eigenvalue weighted by molar-refractivity contribution is 4.85. The third-order valence-corrected chi connectivity index (χ3v) is 1.64. The zero-order valence-electron chi connectivity index (χ0n) is 7.73. The van der Waals surface area contributed by atoms with Crippen LogP contribution in [0.2, 0.25) is 0 Å². The van der Waals surface area contributed by atoms with E-state index in [0.29, 0.717) is 6.61 Å². The van der Waals surface area contributed by atoms with Gasteiger partial charge in [0.25, 0.3) is 0 Å². The van der Waals surface area contributed by atoms with Crippen molar-refractivity contribution < 1.29 is 9.13 Å². The largest absolute Gasteiger partial charge is 0.384 e. The monoisotopic (exact) mass is 163 g/mol. The summed E-state index contributed by atoms with van der Waals surface area (Å²) in [6.07, 6.45) is -1.01. The highest BCUT2D eigenvalue weighted by atomic mass is 19.1. The Balaban J connectivity index is 3.91. The van der Waals surface area contributed by atoms with Crippen LogP contribution >= 0.6 is 0 Å². The van der Waals surface area contributed by atoms with Gasteiger partial charge in [-0.25, -0.2) is 4.39 Å². The van der Waals surface area contributed by atoms with Gasteiger partial charge >= 0.3 is 0 Å². The van der Waals surface area contributed by atoms with E-state index in [1.165, 1.54) is 0 Å². The molecule has 0 aromatic carbocycles. The third-order valence-electron chi connectivity index (χ3n) is 1.64. The van der Waals surface area contributed by atoms with Crippen LogP contribution in [0.1, 0.15) is 20.8 Å². The predicted octanol–water partition coefficient (Wildman–Crippen LogP) is 1.34. The average Bonchev–Trinajstić information content (AvgIpc) is 1.85. The van der Waals surface area contributed by atoms with Crippen molar-refractivity contribution in [2.75, 3.05) is 13.7 Å². The summed E-state index contributed by atoms with van der Waals surface area (Å²) < 4.78 is 18.1. The average molecular weight is 163 g/mol. The third kappa shape index (κ3) is 3.68. The van der Waals surface area contributed by atoms with Gasteiger partial charge in [0, 0.05) is 18.6 Å². The first kappa shape index (κ1) is 10.8. The van der Waals surface area contributed by atoms with Crippen LogP contribution in [-0.2, 0) is 4.74 Å². The van der Waals surface area contributed by atoms with Crippen molar-refractivity contribution in [1.82, 2.24) is 0 Å². The second-order valence-corrected chi connectivity index (χ2v) is 3.66. The fourth-order valence-electron chi connectivity index (χ4n) is 1.08. The minimum Gasteiger partial charge on any atom is -0.384 e. The number of halogens is 1. The van der Waals surface area contributed by atoms with Crippen LogP contribution in [0.4, 0.5) is 4.39 Å². The van der Waals surface area contributed by atoms with Crippen molar-refractivity contribution in [3.63, 3.8) is 0 Å². The maximum Gasteiger partial charge on any atom is 0.122 e. The minimum atomic E-state index is -1.01. The van der Waals surface area contributed by atoms with Crippen LogP contribution < -0.4 is 5.73 Å². The van der Waals surface area contributed by atoms with Crippen LogP contribution in [0.3, 0.4) is 0 Å². The van der Waals surface area contributed by atoms with Crippen molar-refractivity contribution in [3.8, 4) is 0 Å². The Kier molecular flexibility index (Phi) is 3.97. The molecule has 2 N–H and O–H groups in total. The van der Waals surface area contributed by atoms with Crippen molar-refractivity contribution in [2.24, 2.45) is 11.7 Å². The first-order chi connectivity index (χ1) is 4.89. The minimum absolute atomic E-state index is 0.139. The summed E-state index contributed by atoms with van der Waals surface area (Å²) in [5.74, 6) is -0.139. The number of hydrogen-bond donors (Lipinski definition) is 1. The van der Waals surface area contributed by atoms with Crippen molar-refractivity contribution in [3.05, 3.63) is 0 Å². The summed E-state index contributed by atoms with van der Waals surface area (Å²) in [6.45, 7) is 5.58. The number of ether oxygens (including phenoxy) is 1. The lowest BCUT2D eigenvalue weighted by molar-refractivity contribution is 0.0762. The highest BCUT2D eigenvalue weighted by Gasteiger charge is 2.29. The Labute approximate surface area is 67.9 Å². The molecule has 0 spiro atoms. The molecule has 0 radical (unpaired) electrons. The molecule has 0 aromatic rings. The summed E-state index contributed by atoms with van der Waals surface area (Å²) in [4.78, 5) is 0. The van der Waals surface area contributed by atoms with E-state index in [4.69, 9.17) is 10.5 Å². The van der Waals surface area contributed by atoms with Gasteiger partial charge in [0.15, 0.2) is 0 Å². The maximum atomic E-state index is 13.3. The van der Waals surface area contributed by atoms with Gasteiger partial charge in [-0.05, 0) is 13.8 Å². The molecule has 11 heavy (non-hydrogen) atoms. The topological polar surface area (TPSA) is 35.2 Å². The van der Waals surface area contributed by atoms with Crippen LogP contribution in [0.15, 0.2) is 0 Å². The molecule has 0 aromatic heterocycles. The molecule has 2 atom stereocenters.